The molecule has 0 aromatic carbocycles. The van der Waals surface area contributed by atoms with E-state index in [1.165, 1.54) is 0 Å². The van der Waals surface area contributed by atoms with Crippen LogP contribution >= 0.6 is 0 Å². The Morgan fingerprint density at radius 3 is 2.64 bits per heavy atom. The molecule has 1 heterocycles. The van der Waals surface area contributed by atoms with Gasteiger partial charge in [0.2, 0.25) is 10.0 Å². The minimum absolute atomic E-state index is 0.0192. The third kappa shape index (κ3) is 3.22. The highest BCUT2D eigenvalue weighted by Crippen LogP contribution is 2.14. The molecule has 0 saturated carbocycles. The first-order valence-electron chi connectivity index (χ1n) is 5.15. The van der Waals surface area contributed by atoms with Gasteiger partial charge in [-0.05, 0) is 18.8 Å². The Morgan fingerprint density at radius 2 is 2.14 bits per heavy atom. The maximum atomic E-state index is 11.8. The second-order valence-corrected chi connectivity index (χ2v) is 6.45. The molecule has 14 heavy (non-hydrogen) atoms. The molecule has 1 fully saturated rings. The average Bonchev–Trinajstić information content (AvgIpc) is 2.01. The van der Waals surface area contributed by atoms with Crippen LogP contribution in [0.4, 0.5) is 0 Å². The predicted octanol–water partition coefficient (Wildman–Crippen LogP) is 0.395. The van der Waals surface area contributed by atoms with E-state index in [1.807, 2.05) is 13.8 Å². The Hall–Kier alpha value is -0.130. The summed E-state index contributed by atoms with van der Waals surface area (Å²) in [7, 11) is -3.06. The molecule has 0 aromatic heterocycles. The van der Waals surface area contributed by atoms with Crippen LogP contribution in [0.15, 0.2) is 0 Å². The first kappa shape index (κ1) is 11.9. The van der Waals surface area contributed by atoms with Crippen molar-refractivity contribution in [1.82, 2.24) is 4.31 Å². The maximum Gasteiger partial charge on any atom is 0.214 e. The molecule has 1 aliphatic heterocycles. The molecule has 0 radical (unpaired) electrons. The van der Waals surface area contributed by atoms with Gasteiger partial charge in [0.15, 0.2) is 0 Å². The van der Waals surface area contributed by atoms with E-state index in [-0.39, 0.29) is 17.7 Å². The number of piperidine rings is 1. The van der Waals surface area contributed by atoms with Gasteiger partial charge in [0, 0.05) is 19.1 Å². The quantitative estimate of drug-likeness (QED) is 0.748. The lowest BCUT2D eigenvalue weighted by Gasteiger charge is -2.30. The van der Waals surface area contributed by atoms with Gasteiger partial charge in [0.05, 0.1) is 5.75 Å². The van der Waals surface area contributed by atoms with Crippen LogP contribution in [-0.4, -0.2) is 37.6 Å². The third-order valence-electron chi connectivity index (χ3n) is 2.36. The van der Waals surface area contributed by atoms with Crippen LogP contribution < -0.4 is 5.73 Å². The van der Waals surface area contributed by atoms with Gasteiger partial charge in [-0.2, -0.15) is 0 Å². The number of sulfonamides is 1. The Labute approximate surface area is 86.5 Å². The third-order valence-corrected chi connectivity index (χ3v) is 4.56. The van der Waals surface area contributed by atoms with Crippen LogP contribution in [0.2, 0.25) is 0 Å². The van der Waals surface area contributed by atoms with Gasteiger partial charge in [0.25, 0.3) is 0 Å². The number of nitrogens with two attached hydrogens (primary N) is 1. The molecule has 1 saturated heterocycles. The average molecular weight is 220 g/mol. The Bertz CT molecular complexity index is 275. The molecule has 1 unspecified atom stereocenters. The highest BCUT2D eigenvalue weighted by atomic mass is 32.2. The molecule has 5 heteroatoms. The highest BCUT2D eigenvalue weighted by Gasteiger charge is 2.27. The normalized spacial score (nSPS) is 25.6. The molecule has 0 aromatic rings. The molecule has 1 atom stereocenters. The molecule has 84 valence electrons. The molecule has 0 aliphatic carbocycles. The fourth-order valence-corrected chi connectivity index (χ4v) is 3.63. The van der Waals surface area contributed by atoms with Crippen molar-refractivity contribution in [1.29, 1.82) is 0 Å². The molecule has 1 rings (SSSR count). The zero-order chi connectivity index (χ0) is 10.8. The minimum Gasteiger partial charge on any atom is -0.327 e. The zero-order valence-corrected chi connectivity index (χ0v) is 9.76. The summed E-state index contributed by atoms with van der Waals surface area (Å²) in [6.45, 7) is 4.97. The van der Waals surface area contributed by atoms with Gasteiger partial charge < -0.3 is 5.73 Å². The van der Waals surface area contributed by atoms with Gasteiger partial charge in [-0.1, -0.05) is 13.8 Å². The van der Waals surface area contributed by atoms with Crippen LogP contribution in [0.25, 0.3) is 0 Å². The van der Waals surface area contributed by atoms with Crippen molar-refractivity contribution in [2.75, 3.05) is 18.8 Å². The number of hydrogen-bond donors (Lipinski definition) is 1. The first-order valence-corrected chi connectivity index (χ1v) is 6.76. The molecule has 0 amide bonds. The fraction of sp³-hybridized carbons (Fsp3) is 1.00. The molecule has 0 spiro atoms. The van der Waals surface area contributed by atoms with Gasteiger partial charge >= 0.3 is 0 Å². The van der Waals surface area contributed by atoms with E-state index in [1.54, 1.807) is 4.31 Å². The standard InChI is InChI=1S/C9H20N2O2S/c1-8(2)7-14(12,13)11-5-3-4-9(10)6-11/h8-9H,3-7,10H2,1-2H3. The topological polar surface area (TPSA) is 63.4 Å². The summed E-state index contributed by atoms with van der Waals surface area (Å²) < 4.78 is 25.2. The molecule has 2 N–H and O–H groups in total. The van der Waals surface area contributed by atoms with E-state index in [9.17, 15) is 8.42 Å². The summed E-state index contributed by atoms with van der Waals surface area (Å²) >= 11 is 0. The monoisotopic (exact) mass is 220 g/mol. The highest BCUT2D eigenvalue weighted by molar-refractivity contribution is 7.89. The number of hydrogen-bond acceptors (Lipinski definition) is 3. The largest absolute Gasteiger partial charge is 0.327 e. The van der Waals surface area contributed by atoms with E-state index >= 15 is 0 Å². The lowest BCUT2D eigenvalue weighted by Crippen LogP contribution is -2.46. The molecule has 0 bridgehead atoms. The molecule has 1 aliphatic rings. The lowest BCUT2D eigenvalue weighted by molar-refractivity contribution is 0.314. The summed E-state index contributed by atoms with van der Waals surface area (Å²) in [6.07, 6.45) is 1.83. The van der Waals surface area contributed by atoms with Crippen LogP contribution in [0.3, 0.4) is 0 Å². The summed E-state index contributed by atoms with van der Waals surface area (Å²) in [5.74, 6) is 0.415. The van der Waals surface area contributed by atoms with Crippen LogP contribution in [0.5, 0.6) is 0 Å². The smallest absolute Gasteiger partial charge is 0.214 e. The van der Waals surface area contributed by atoms with Crippen LogP contribution in [0.1, 0.15) is 26.7 Å². The zero-order valence-electron chi connectivity index (χ0n) is 8.94. The Kier molecular flexibility index (Phi) is 3.92. The SMILES string of the molecule is CC(C)CS(=O)(=O)N1CCCC(N)C1. The van der Waals surface area contributed by atoms with Gasteiger partial charge in [-0.3, -0.25) is 0 Å². The van der Waals surface area contributed by atoms with E-state index in [0.29, 0.717) is 13.1 Å². The summed E-state index contributed by atoms with van der Waals surface area (Å²) in [6, 6.07) is 0.0192. The van der Waals surface area contributed by atoms with E-state index in [0.717, 1.165) is 12.8 Å². The van der Waals surface area contributed by atoms with Gasteiger partial charge in [0.1, 0.15) is 0 Å². The van der Waals surface area contributed by atoms with Crippen molar-refractivity contribution < 1.29 is 8.42 Å². The Morgan fingerprint density at radius 1 is 1.50 bits per heavy atom. The number of nitrogens with zero attached hydrogens (tertiary/aromatic N) is 1. The van der Waals surface area contributed by atoms with E-state index in [4.69, 9.17) is 5.73 Å². The van der Waals surface area contributed by atoms with Crippen molar-refractivity contribution in [3.05, 3.63) is 0 Å². The second-order valence-electron chi connectivity index (χ2n) is 4.43. The lowest BCUT2D eigenvalue weighted by atomic mass is 10.1. The molecular weight excluding hydrogens is 200 g/mol. The Balaban J connectivity index is 2.62. The van der Waals surface area contributed by atoms with Crippen molar-refractivity contribution in [2.45, 2.75) is 32.7 Å². The van der Waals surface area contributed by atoms with Crippen molar-refractivity contribution in [3.8, 4) is 0 Å². The molecular formula is C9H20N2O2S. The van der Waals surface area contributed by atoms with Crippen LogP contribution in [0, 0.1) is 5.92 Å². The molecule has 4 nitrogen and oxygen atoms in total. The van der Waals surface area contributed by atoms with Crippen LogP contribution in [-0.2, 0) is 10.0 Å². The number of rotatable bonds is 3. The minimum atomic E-state index is -3.06. The van der Waals surface area contributed by atoms with E-state index < -0.39 is 10.0 Å². The first-order chi connectivity index (χ1) is 6.42. The maximum absolute atomic E-state index is 11.8. The summed E-state index contributed by atoms with van der Waals surface area (Å²) in [5.41, 5.74) is 5.75. The van der Waals surface area contributed by atoms with Gasteiger partial charge in [-0.25, -0.2) is 12.7 Å². The van der Waals surface area contributed by atoms with Crippen molar-refractivity contribution in [2.24, 2.45) is 11.7 Å². The van der Waals surface area contributed by atoms with Gasteiger partial charge in [-0.15, -0.1) is 0 Å². The summed E-state index contributed by atoms with van der Waals surface area (Å²) in [4.78, 5) is 0. The van der Waals surface area contributed by atoms with Crippen molar-refractivity contribution in [3.63, 3.8) is 0 Å². The second kappa shape index (κ2) is 4.59. The summed E-state index contributed by atoms with van der Waals surface area (Å²) in [5, 5.41) is 0. The van der Waals surface area contributed by atoms with E-state index in [2.05, 4.69) is 0 Å². The fourth-order valence-electron chi connectivity index (χ4n) is 1.75. The van der Waals surface area contributed by atoms with Crippen molar-refractivity contribution >= 4 is 10.0 Å². The predicted molar refractivity (Wildman–Crippen MR) is 57.4 cm³/mol.